The molecule has 0 aliphatic rings. The van der Waals surface area contributed by atoms with Gasteiger partial charge in [0.1, 0.15) is 0 Å². The van der Waals surface area contributed by atoms with E-state index in [1.807, 2.05) is 11.4 Å². The first kappa shape index (κ1) is 14.9. The number of thiophene rings is 1. The van der Waals surface area contributed by atoms with Crippen molar-refractivity contribution in [3.8, 4) is 0 Å². The van der Waals surface area contributed by atoms with Crippen LogP contribution in [-0.2, 0) is 0 Å². The van der Waals surface area contributed by atoms with Crippen molar-refractivity contribution >= 4 is 34.5 Å². The van der Waals surface area contributed by atoms with E-state index in [-0.39, 0.29) is 11.8 Å². The van der Waals surface area contributed by atoms with E-state index in [1.165, 1.54) is 11.3 Å². The molecule has 0 spiro atoms. The van der Waals surface area contributed by atoms with Gasteiger partial charge in [0.2, 0.25) is 0 Å². The summed E-state index contributed by atoms with van der Waals surface area (Å²) < 4.78 is 0. The number of nitrogens with zero attached hydrogens (tertiary/aromatic N) is 1. The number of benzene rings is 1. The third-order valence-electron chi connectivity index (χ3n) is 3.05. The molecular weight excluding hydrogens is 310 g/mol. The molecule has 23 heavy (non-hydrogen) atoms. The van der Waals surface area contributed by atoms with Gasteiger partial charge in [-0.25, -0.2) is 0 Å². The molecule has 0 atom stereocenters. The Morgan fingerprint density at radius 3 is 2.48 bits per heavy atom. The van der Waals surface area contributed by atoms with Gasteiger partial charge in [-0.15, -0.1) is 11.3 Å². The van der Waals surface area contributed by atoms with Gasteiger partial charge in [-0.1, -0.05) is 12.1 Å². The molecule has 5 nitrogen and oxygen atoms in total. The number of pyridine rings is 1. The Morgan fingerprint density at radius 1 is 0.913 bits per heavy atom. The van der Waals surface area contributed by atoms with E-state index >= 15 is 0 Å². The van der Waals surface area contributed by atoms with Gasteiger partial charge in [-0.3, -0.25) is 14.6 Å². The highest BCUT2D eigenvalue weighted by atomic mass is 32.1. The first-order chi connectivity index (χ1) is 11.2. The molecule has 0 fully saturated rings. The van der Waals surface area contributed by atoms with E-state index in [1.54, 1.807) is 54.9 Å². The fourth-order valence-electron chi connectivity index (χ4n) is 1.98. The van der Waals surface area contributed by atoms with E-state index in [0.717, 1.165) is 0 Å². The largest absolute Gasteiger partial charge is 0.321 e. The SMILES string of the molecule is O=C(Nc1cccnc1)c1cccc(NC(=O)c2cccs2)c1. The summed E-state index contributed by atoms with van der Waals surface area (Å²) in [5.74, 6) is -0.449. The molecule has 0 aliphatic carbocycles. The maximum atomic E-state index is 12.2. The number of carbonyl (C=O) groups is 2. The van der Waals surface area contributed by atoms with E-state index in [2.05, 4.69) is 15.6 Å². The van der Waals surface area contributed by atoms with E-state index in [0.29, 0.717) is 21.8 Å². The average Bonchev–Trinajstić information content (AvgIpc) is 3.11. The number of amides is 2. The fourth-order valence-corrected chi connectivity index (χ4v) is 2.60. The molecule has 0 radical (unpaired) electrons. The van der Waals surface area contributed by atoms with Crippen molar-refractivity contribution in [2.75, 3.05) is 10.6 Å². The Morgan fingerprint density at radius 2 is 1.74 bits per heavy atom. The highest BCUT2D eigenvalue weighted by Gasteiger charge is 2.10. The van der Waals surface area contributed by atoms with Crippen molar-refractivity contribution in [3.05, 3.63) is 76.7 Å². The number of nitrogens with one attached hydrogen (secondary N) is 2. The van der Waals surface area contributed by atoms with Gasteiger partial charge in [0, 0.05) is 17.4 Å². The molecule has 3 aromatic rings. The van der Waals surface area contributed by atoms with Gasteiger partial charge in [-0.2, -0.15) is 0 Å². The van der Waals surface area contributed by atoms with Crippen LogP contribution < -0.4 is 10.6 Å². The molecule has 0 saturated heterocycles. The number of hydrogen-bond acceptors (Lipinski definition) is 4. The number of aromatic nitrogens is 1. The van der Waals surface area contributed by atoms with Gasteiger partial charge < -0.3 is 10.6 Å². The molecule has 2 heterocycles. The quantitative estimate of drug-likeness (QED) is 0.770. The molecule has 0 saturated carbocycles. The summed E-state index contributed by atoms with van der Waals surface area (Å²) >= 11 is 1.36. The molecular formula is C17H13N3O2S. The summed E-state index contributed by atoms with van der Waals surface area (Å²) in [5.41, 5.74) is 1.64. The Hall–Kier alpha value is -2.99. The summed E-state index contributed by atoms with van der Waals surface area (Å²) in [6.45, 7) is 0. The van der Waals surface area contributed by atoms with Crippen LogP contribution >= 0.6 is 11.3 Å². The Labute approximate surface area is 137 Å². The topological polar surface area (TPSA) is 71.1 Å². The first-order valence-corrected chi connectivity index (χ1v) is 7.76. The maximum absolute atomic E-state index is 12.2. The smallest absolute Gasteiger partial charge is 0.265 e. The Bertz CT molecular complexity index is 817. The van der Waals surface area contributed by atoms with Gasteiger partial charge in [0.05, 0.1) is 16.8 Å². The highest BCUT2D eigenvalue weighted by molar-refractivity contribution is 7.12. The second-order valence-electron chi connectivity index (χ2n) is 4.71. The zero-order valence-corrected chi connectivity index (χ0v) is 12.8. The summed E-state index contributed by atoms with van der Waals surface area (Å²) in [6, 6.07) is 13.9. The zero-order chi connectivity index (χ0) is 16.1. The summed E-state index contributed by atoms with van der Waals surface area (Å²) in [4.78, 5) is 28.8. The van der Waals surface area contributed by atoms with Crippen LogP contribution in [0.4, 0.5) is 11.4 Å². The minimum absolute atomic E-state index is 0.190. The lowest BCUT2D eigenvalue weighted by Gasteiger charge is -2.07. The summed E-state index contributed by atoms with van der Waals surface area (Å²) in [6.07, 6.45) is 3.21. The summed E-state index contributed by atoms with van der Waals surface area (Å²) in [5, 5.41) is 7.38. The van der Waals surface area contributed by atoms with Crippen molar-refractivity contribution in [1.82, 2.24) is 4.98 Å². The van der Waals surface area contributed by atoms with Crippen LogP contribution in [0.15, 0.2) is 66.3 Å². The van der Waals surface area contributed by atoms with Crippen molar-refractivity contribution in [2.45, 2.75) is 0 Å². The first-order valence-electron chi connectivity index (χ1n) is 6.89. The number of rotatable bonds is 4. The van der Waals surface area contributed by atoms with Gasteiger partial charge in [0.15, 0.2) is 0 Å². The number of carbonyl (C=O) groups excluding carboxylic acids is 2. The lowest BCUT2D eigenvalue weighted by atomic mass is 10.2. The molecule has 0 aliphatic heterocycles. The number of anilines is 2. The molecule has 1 aromatic carbocycles. The molecule has 3 rings (SSSR count). The van der Waals surface area contributed by atoms with Crippen molar-refractivity contribution < 1.29 is 9.59 Å². The van der Waals surface area contributed by atoms with Crippen LogP contribution in [-0.4, -0.2) is 16.8 Å². The zero-order valence-electron chi connectivity index (χ0n) is 12.0. The van der Waals surface area contributed by atoms with Crippen molar-refractivity contribution in [3.63, 3.8) is 0 Å². The average molecular weight is 323 g/mol. The molecule has 0 unspecified atom stereocenters. The van der Waals surface area contributed by atoms with E-state index in [4.69, 9.17) is 0 Å². The Kier molecular flexibility index (Phi) is 4.44. The van der Waals surface area contributed by atoms with Crippen LogP contribution in [0.3, 0.4) is 0 Å². The molecule has 2 N–H and O–H groups in total. The summed E-state index contributed by atoms with van der Waals surface area (Å²) in [7, 11) is 0. The van der Waals surface area contributed by atoms with Crippen molar-refractivity contribution in [2.24, 2.45) is 0 Å². The predicted molar refractivity (Wildman–Crippen MR) is 90.9 cm³/mol. The number of hydrogen-bond donors (Lipinski definition) is 2. The van der Waals surface area contributed by atoms with Gasteiger partial charge >= 0.3 is 0 Å². The monoisotopic (exact) mass is 323 g/mol. The molecule has 0 bridgehead atoms. The van der Waals surface area contributed by atoms with Crippen LogP contribution in [0.25, 0.3) is 0 Å². The molecule has 2 aromatic heterocycles. The van der Waals surface area contributed by atoms with Crippen LogP contribution in [0.5, 0.6) is 0 Å². The minimum Gasteiger partial charge on any atom is -0.321 e. The predicted octanol–water partition coefficient (Wildman–Crippen LogP) is 3.65. The van der Waals surface area contributed by atoms with Gasteiger partial charge in [0.25, 0.3) is 11.8 Å². The lowest BCUT2D eigenvalue weighted by Crippen LogP contribution is -2.14. The third kappa shape index (κ3) is 3.81. The normalized spacial score (nSPS) is 10.1. The van der Waals surface area contributed by atoms with E-state index < -0.39 is 0 Å². The second-order valence-corrected chi connectivity index (χ2v) is 5.66. The van der Waals surface area contributed by atoms with Crippen molar-refractivity contribution in [1.29, 1.82) is 0 Å². The van der Waals surface area contributed by atoms with E-state index in [9.17, 15) is 9.59 Å². The maximum Gasteiger partial charge on any atom is 0.265 e. The van der Waals surface area contributed by atoms with Crippen LogP contribution in [0.1, 0.15) is 20.0 Å². The standard InChI is InChI=1S/C17H13N3O2S/c21-16(20-14-6-2-8-18-11-14)12-4-1-5-13(10-12)19-17(22)15-7-3-9-23-15/h1-11H,(H,19,22)(H,20,21). The molecule has 6 heteroatoms. The minimum atomic E-state index is -0.259. The van der Waals surface area contributed by atoms with Gasteiger partial charge in [-0.05, 0) is 41.8 Å². The molecule has 2 amide bonds. The highest BCUT2D eigenvalue weighted by Crippen LogP contribution is 2.16. The third-order valence-corrected chi connectivity index (χ3v) is 3.92. The van der Waals surface area contributed by atoms with Crippen LogP contribution in [0, 0.1) is 0 Å². The second kappa shape index (κ2) is 6.85. The lowest BCUT2D eigenvalue weighted by molar-refractivity contribution is 0.101. The fraction of sp³-hybridized carbons (Fsp3) is 0. The Balaban J connectivity index is 1.72. The molecule has 114 valence electrons. The van der Waals surface area contributed by atoms with Crippen LogP contribution in [0.2, 0.25) is 0 Å².